The summed E-state index contributed by atoms with van der Waals surface area (Å²) in [7, 11) is 0. The highest BCUT2D eigenvalue weighted by molar-refractivity contribution is 8.02. The number of thioether (sulfide) groups is 1. The first-order chi connectivity index (χ1) is 33.3. The Morgan fingerprint density at radius 1 is 0.507 bits per heavy atom. The van der Waals surface area contributed by atoms with E-state index in [1.165, 1.54) is 123 Å². The number of hydrogen-bond acceptors (Lipinski definition) is 3. The fourth-order valence-electron chi connectivity index (χ4n) is 14.4. The molecule has 0 N–H and O–H groups in total. The lowest BCUT2D eigenvalue weighted by Crippen LogP contribution is -2.63. The zero-order valence-electron chi connectivity index (χ0n) is 45.9. The van der Waals surface area contributed by atoms with Gasteiger partial charge in [0.15, 0.2) is 0 Å². The Morgan fingerprint density at radius 3 is 1.70 bits per heavy atom. The van der Waals surface area contributed by atoms with Crippen molar-refractivity contribution in [3.05, 3.63) is 154 Å². The van der Waals surface area contributed by atoms with Crippen LogP contribution in [0.2, 0.25) is 0 Å². The SMILES string of the molecule is CC(C)(C)c1ccc(N2c3cc(C(C)(C)C)cc4c3B(c3cc5c(cc3N4c3ccc(C(C)(C)C)cc3-c3ccccc3)C(C)(C)CCC5(C)C)C3Sc4cc5c(cc4C32)C2(C)CCCC5(C)CC2)cc1. The van der Waals surface area contributed by atoms with Gasteiger partial charge in [-0.2, -0.15) is 0 Å². The molecule has 0 amide bonds. The van der Waals surface area contributed by atoms with Gasteiger partial charge >= 0.3 is 0 Å². The van der Waals surface area contributed by atoms with Gasteiger partial charge in [-0.05, 0) is 186 Å². The predicted molar refractivity (Wildman–Crippen MR) is 308 cm³/mol. The number of benzene rings is 6. The van der Waals surface area contributed by atoms with Crippen molar-refractivity contribution < 1.29 is 0 Å². The van der Waals surface area contributed by atoms with Gasteiger partial charge in [0.2, 0.25) is 6.71 Å². The van der Waals surface area contributed by atoms with E-state index in [9.17, 15) is 0 Å². The Kier molecular flexibility index (Phi) is 10.3. The maximum absolute atomic E-state index is 2.86. The summed E-state index contributed by atoms with van der Waals surface area (Å²) in [6.45, 7) is 36.9. The van der Waals surface area contributed by atoms with E-state index in [1.807, 2.05) is 0 Å². The Labute approximate surface area is 432 Å². The van der Waals surface area contributed by atoms with Crippen molar-refractivity contribution in [2.24, 2.45) is 0 Å². The Bertz CT molecular complexity index is 3160. The molecule has 2 bridgehead atoms. The first kappa shape index (κ1) is 47.3. The topological polar surface area (TPSA) is 6.48 Å². The van der Waals surface area contributed by atoms with Gasteiger partial charge in [-0.25, -0.2) is 0 Å². The largest absolute Gasteiger partial charge is 0.334 e. The molecule has 4 aliphatic carbocycles. The lowest BCUT2D eigenvalue weighted by molar-refractivity contribution is 0.330. The molecular formula is C67H79BN2S. The van der Waals surface area contributed by atoms with Crippen LogP contribution in [-0.4, -0.2) is 11.9 Å². The summed E-state index contributed by atoms with van der Waals surface area (Å²) in [4.78, 5) is 7.15. The third-order valence-corrected chi connectivity index (χ3v) is 20.6. The first-order valence-corrected chi connectivity index (χ1v) is 28.3. The molecule has 0 aromatic heterocycles. The van der Waals surface area contributed by atoms with Crippen LogP contribution in [0.4, 0.5) is 28.4 Å². The van der Waals surface area contributed by atoms with Crippen LogP contribution in [0.5, 0.6) is 0 Å². The maximum atomic E-state index is 2.86. The lowest BCUT2D eigenvalue weighted by Gasteiger charge is -2.51. The van der Waals surface area contributed by atoms with E-state index in [1.54, 1.807) is 22.3 Å². The smallest absolute Gasteiger partial charge is 0.233 e. The second-order valence-corrected chi connectivity index (χ2v) is 29.4. The van der Waals surface area contributed by atoms with E-state index in [4.69, 9.17) is 0 Å². The molecule has 7 aliphatic rings. The summed E-state index contributed by atoms with van der Waals surface area (Å²) in [5, 5.41) is 0.263. The highest BCUT2D eigenvalue weighted by Crippen LogP contribution is 2.62. The Morgan fingerprint density at radius 2 is 1.08 bits per heavy atom. The summed E-state index contributed by atoms with van der Waals surface area (Å²) in [5.74, 6) is 0. The lowest BCUT2D eigenvalue weighted by atomic mass is 9.33. The van der Waals surface area contributed by atoms with Crippen LogP contribution in [0.25, 0.3) is 11.1 Å². The first-order valence-electron chi connectivity index (χ1n) is 27.4. The van der Waals surface area contributed by atoms with Gasteiger partial charge in [-0.3, -0.25) is 0 Å². The molecule has 3 heterocycles. The summed E-state index contributed by atoms with van der Waals surface area (Å²) in [5.41, 5.74) is 24.8. The number of nitrogens with zero attached hydrogens (tertiary/aromatic N) is 2. The van der Waals surface area contributed by atoms with Crippen molar-refractivity contribution in [1.29, 1.82) is 0 Å². The average molecular weight is 955 g/mol. The van der Waals surface area contributed by atoms with Gasteiger partial charge in [0, 0.05) is 38.4 Å². The predicted octanol–water partition coefficient (Wildman–Crippen LogP) is 17.4. The highest BCUT2D eigenvalue weighted by Gasteiger charge is 2.56. The van der Waals surface area contributed by atoms with Crippen molar-refractivity contribution in [2.45, 2.75) is 203 Å². The molecule has 4 unspecified atom stereocenters. The van der Waals surface area contributed by atoms with E-state index >= 15 is 0 Å². The van der Waals surface area contributed by atoms with Crippen molar-refractivity contribution in [3.8, 4) is 11.1 Å². The van der Waals surface area contributed by atoms with Gasteiger partial charge in [0.1, 0.15) is 0 Å². The molecule has 13 rings (SSSR count). The second kappa shape index (κ2) is 15.4. The third-order valence-electron chi connectivity index (χ3n) is 19.2. The number of anilines is 5. The number of rotatable bonds is 3. The third kappa shape index (κ3) is 7.23. The Hall–Kier alpha value is -4.67. The maximum Gasteiger partial charge on any atom is 0.233 e. The molecule has 1 saturated carbocycles. The number of fused-ring (bicyclic) bond motifs is 10. The monoisotopic (exact) mass is 955 g/mol. The van der Waals surface area contributed by atoms with Gasteiger partial charge in [-0.1, -0.05) is 171 Å². The summed E-state index contributed by atoms with van der Waals surface area (Å²) in [6, 6.07) is 44.9. The average Bonchev–Trinajstić information content (AvgIpc) is 3.54. The van der Waals surface area contributed by atoms with Crippen molar-refractivity contribution in [2.75, 3.05) is 9.80 Å². The van der Waals surface area contributed by atoms with E-state index in [0.29, 0.717) is 0 Å². The van der Waals surface area contributed by atoms with E-state index in [-0.39, 0.29) is 55.8 Å². The molecule has 71 heavy (non-hydrogen) atoms. The second-order valence-electron chi connectivity index (χ2n) is 28.2. The fourth-order valence-corrected chi connectivity index (χ4v) is 16.0. The molecule has 1 fully saturated rings. The molecule has 3 aliphatic heterocycles. The van der Waals surface area contributed by atoms with Crippen molar-refractivity contribution in [1.82, 2.24) is 0 Å². The van der Waals surface area contributed by atoms with Crippen LogP contribution in [0.3, 0.4) is 0 Å². The normalized spacial score (nSPS) is 24.6. The summed E-state index contributed by atoms with van der Waals surface area (Å²) < 4.78 is 0. The van der Waals surface area contributed by atoms with Crippen molar-refractivity contribution >= 4 is 57.8 Å². The molecule has 4 heteroatoms. The summed E-state index contributed by atoms with van der Waals surface area (Å²) in [6.07, 6.45) is 8.88. The van der Waals surface area contributed by atoms with Crippen LogP contribution in [-0.2, 0) is 37.9 Å². The van der Waals surface area contributed by atoms with Gasteiger partial charge in [0.05, 0.1) is 11.7 Å². The minimum Gasteiger partial charge on any atom is -0.334 e. The highest BCUT2D eigenvalue weighted by atomic mass is 32.2. The molecule has 6 aromatic rings. The Balaban J connectivity index is 1.21. The van der Waals surface area contributed by atoms with E-state index < -0.39 is 0 Å². The molecular weight excluding hydrogens is 876 g/mol. The molecule has 0 saturated heterocycles. The molecule has 0 radical (unpaired) electrons. The van der Waals surface area contributed by atoms with Crippen LogP contribution >= 0.6 is 11.8 Å². The quantitative estimate of drug-likeness (QED) is 0.163. The molecule has 0 spiro atoms. The molecule has 4 atom stereocenters. The zero-order chi connectivity index (χ0) is 50.2. The fraction of sp³-hybridized carbons (Fsp3) is 0.463. The van der Waals surface area contributed by atoms with Crippen LogP contribution in [0, 0.1) is 0 Å². The summed E-state index contributed by atoms with van der Waals surface area (Å²) >= 11 is 2.22. The van der Waals surface area contributed by atoms with Gasteiger partial charge < -0.3 is 9.80 Å². The zero-order valence-corrected chi connectivity index (χ0v) is 46.7. The standard InChI is InChI=1S/C67H79BN2S/c1-61(2,3)42-22-25-45(26-23-42)69-55-35-44(63(7,8)9)36-56-58(55)68(60-59(69)47-37-50-51(40-57(47)71-60)67(15)29-19-28-66(50,14)32-33-67)52-38-48-49(65(12,13)31-30-64(48,10)11)39-54(52)70(56)53-27-24-43(62(4,5)6)34-46(53)41-20-17-16-18-21-41/h16-18,20-27,34-40,59-60H,19,28-33H2,1-15H3. The van der Waals surface area contributed by atoms with E-state index in [0.717, 1.165) is 0 Å². The van der Waals surface area contributed by atoms with Crippen LogP contribution in [0.1, 0.15) is 199 Å². The minimum absolute atomic E-state index is 0.00752. The molecule has 366 valence electrons. The molecule has 2 nitrogen and oxygen atoms in total. The van der Waals surface area contributed by atoms with Crippen molar-refractivity contribution in [3.63, 3.8) is 0 Å². The van der Waals surface area contributed by atoms with Gasteiger partial charge in [0.25, 0.3) is 0 Å². The van der Waals surface area contributed by atoms with Crippen LogP contribution < -0.4 is 20.7 Å². The van der Waals surface area contributed by atoms with Gasteiger partial charge in [-0.15, -0.1) is 11.8 Å². The number of hydrogen-bond donors (Lipinski definition) is 0. The minimum atomic E-state index is -0.102. The van der Waals surface area contributed by atoms with Crippen LogP contribution in [0.15, 0.2) is 114 Å². The van der Waals surface area contributed by atoms with E-state index in [2.05, 4.69) is 235 Å². The molecule has 6 aromatic carbocycles.